The van der Waals surface area contributed by atoms with Gasteiger partial charge in [-0.2, -0.15) is 5.10 Å². The number of nitrogens with zero attached hydrogens (tertiary/aromatic N) is 2. The van der Waals surface area contributed by atoms with Crippen LogP contribution in [0, 0.1) is 6.20 Å². The van der Waals surface area contributed by atoms with E-state index in [4.69, 9.17) is 0 Å². The molecule has 67 valence electrons. The second kappa shape index (κ2) is 2.92. The van der Waals surface area contributed by atoms with E-state index in [-0.39, 0.29) is 5.41 Å². The molecular formula is C10H17N2. The van der Waals surface area contributed by atoms with Crippen LogP contribution in [0.1, 0.15) is 46.4 Å². The standard InChI is InChI=1S/C10H17N2/c1-8(2)12-7-6-9(11-12)10(3,4)5/h6,8H,1-5H3. The third-order valence-electron chi connectivity index (χ3n) is 1.81. The minimum atomic E-state index is 0.136. The molecule has 0 unspecified atom stereocenters. The Hall–Kier alpha value is -0.790. The van der Waals surface area contributed by atoms with E-state index in [2.05, 4.69) is 45.9 Å². The van der Waals surface area contributed by atoms with Gasteiger partial charge in [-0.25, -0.2) is 0 Å². The van der Waals surface area contributed by atoms with E-state index in [9.17, 15) is 0 Å². The zero-order valence-electron chi connectivity index (χ0n) is 8.55. The Balaban J connectivity index is 2.92. The fourth-order valence-electron chi connectivity index (χ4n) is 0.932. The van der Waals surface area contributed by atoms with Gasteiger partial charge in [0.25, 0.3) is 0 Å². The quantitative estimate of drug-likeness (QED) is 0.625. The average molecular weight is 165 g/mol. The predicted molar refractivity (Wildman–Crippen MR) is 50.1 cm³/mol. The Morgan fingerprint density at radius 1 is 1.42 bits per heavy atom. The first-order valence-corrected chi connectivity index (χ1v) is 4.39. The molecule has 0 spiro atoms. The van der Waals surface area contributed by atoms with Crippen molar-refractivity contribution < 1.29 is 0 Å². The molecule has 0 atom stereocenters. The summed E-state index contributed by atoms with van der Waals surface area (Å²) in [5.74, 6) is 0. The topological polar surface area (TPSA) is 17.8 Å². The van der Waals surface area contributed by atoms with Crippen LogP contribution in [0.25, 0.3) is 0 Å². The summed E-state index contributed by atoms with van der Waals surface area (Å²) in [7, 11) is 0. The van der Waals surface area contributed by atoms with E-state index < -0.39 is 0 Å². The maximum Gasteiger partial charge on any atom is 0.0869 e. The summed E-state index contributed by atoms with van der Waals surface area (Å²) in [6.07, 6.45) is 3.12. The van der Waals surface area contributed by atoms with Crippen LogP contribution in [0.4, 0.5) is 0 Å². The van der Waals surface area contributed by atoms with Gasteiger partial charge in [0.05, 0.1) is 11.9 Å². The largest absolute Gasteiger partial charge is 0.261 e. The summed E-state index contributed by atoms with van der Waals surface area (Å²) in [6.45, 7) is 10.7. The van der Waals surface area contributed by atoms with Crippen molar-refractivity contribution in [3.63, 3.8) is 0 Å². The molecule has 1 rings (SSSR count). The zero-order valence-corrected chi connectivity index (χ0v) is 8.55. The van der Waals surface area contributed by atoms with E-state index in [1.165, 1.54) is 0 Å². The summed E-state index contributed by atoms with van der Waals surface area (Å²) < 4.78 is 1.88. The molecule has 0 fully saturated rings. The van der Waals surface area contributed by atoms with Gasteiger partial charge in [-0.1, -0.05) is 20.8 Å². The minimum Gasteiger partial charge on any atom is -0.261 e. The molecule has 0 amide bonds. The van der Waals surface area contributed by atoms with Gasteiger partial charge >= 0.3 is 0 Å². The van der Waals surface area contributed by atoms with Gasteiger partial charge in [0, 0.05) is 11.5 Å². The summed E-state index contributed by atoms with van der Waals surface area (Å²) in [4.78, 5) is 0. The van der Waals surface area contributed by atoms with Gasteiger partial charge in [-0.15, -0.1) is 0 Å². The fourth-order valence-corrected chi connectivity index (χ4v) is 0.932. The number of aromatic nitrogens is 2. The Labute approximate surface area is 74.6 Å². The highest BCUT2D eigenvalue weighted by Crippen LogP contribution is 2.20. The van der Waals surface area contributed by atoms with Gasteiger partial charge in [-0.05, 0) is 19.9 Å². The molecule has 1 aromatic rings. The van der Waals surface area contributed by atoms with Crippen LogP contribution in [-0.2, 0) is 5.41 Å². The lowest BCUT2D eigenvalue weighted by atomic mass is 9.93. The molecule has 0 saturated carbocycles. The average Bonchev–Trinajstić information content (AvgIpc) is 2.30. The molecule has 0 aliphatic heterocycles. The van der Waals surface area contributed by atoms with Crippen molar-refractivity contribution in [2.75, 3.05) is 0 Å². The number of hydrogen-bond donors (Lipinski definition) is 0. The molecule has 0 N–H and O–H groups in total. The van der Waals surface area contributed by atoms with E-state index in [0.717, 1.165) is 5.69 Å². The van der Waals surface area contributed by atoms with Crippen LogP contribution in [0.15, 0.2) is 6.07 Å². The SMILES string of the molecule is CC(C)n1[c]cc(C(C)(C)C)n1. The summed E-state index contributed by atoms with van der Waals surface area (Å²) in [6, 6.07) is 2.38. The lowest BCUT2D eigenvalue weighted by Crippen LogP contribution is -2.13. The van der Waals surface area contributed by atoms with E-state index >= 15 is 0 Å². The van der Waals surface area contributed by atoms with E-state index in [0.29, 0.717) is 6.04 Å². The predicted octanol–water partition coefficient (Wildman–Crippen LogP) is 2.56. The number of hydrogen-bond acceptors (Lipinski definition) is 1. The molecule has 0 aromatic carbocycles. The zero-order chi connectivity index (χ0) is 9.35. The van der Waals surface area contributed by atoms with Crippen LogP contribution in [-0.4, -0.2) is 9.78 Å². The van der Waals surface area contributed by atoms with Gasteiger partial charge in [0.15, 0.2) is 0 Å². The van der Waals surface area contributed by atoms with Gasteiger partial charge in [0.1, 0.15) is 0 Å². The molecule has 2 heteroatoms. The maximum absolute atomic E-state index is 4.44. The van der Waals surface area contributed by atoms with Crippen molar-refractivity contribution in [2.45, 2.75) is 46.1 Å². The second-order valence-electron chi connectivity index (χ2n) is 4.45. The van der Waals surface area contributed by atoms with Crippen LogP contribution in [0.3, 0.4) is 0 Å². The summed E-state index contributed by atoms with van der Waals surface area (Å²) in [5, 5.41) is 4.44. The Kier molecular flexibility index (Phi) is 2.27. The van der Waals surface area contributed by atoms with Gasteiger partial charge in [0.2, 0.25) is 0 Å². The first-order valence-electron chi connectivity index (χ1n) is 4.39. The molecule has 12 heavy (non-hydrogen) atoms. The monoisotopic (exact) mass is 165 g/mol. The molecule has 0 bridgehead atoms. The Bertz CT molecular complexity index is 253. The van der Waals surface area contributed by atoms with Crippen molar-refractivity contribution in [1.82, 2.24) is 9.78 Å². The lowest BCUT2D eigenvalue weighted by Gasteiger charge is -2.14. The fraction of sp³-hybridized carbons (Fsp3) is 0.700. The highest BCUT2D eigenvalue weighted by molar-refractivity contribution is 5.09. The highest BCUT2D eigenvalue weighted by atomic mass is 15.3. The van der Waals surface area contributed by atoms with Crippen LogP contribution < -0.4 is 0 Å². The molecule has 0 saturated heterocycles. The van der Waals surface area contributed by atoms with Crippen molar-refractivity contribution in [3.05, 3.63) is 18.0 Å². The molecule has 1 heterocycles. The van der Waals surface area contributed by atoms with E-state index in [1.807, 2.05) is 10.7 Å². The minimum absolute atomic E-state index is 0.136. The summed E-state index contributed by atoms with van der Waals surface area (Å²) in [5.41, 5.74) is 1.24. The molecular weight excluding hydrogens is 148 g/mol. The Morgan fingerprint density at radius 3 is 2.25 bits per heavy atom. The van der Waals surface area contributed by atoms with Crippen molar-refractivity contribution in [1.29, 1.82) is 0 Å². The van der Waals surface area contributed by atoms with Crippen molar-refractivity contribution >= 4 is 0 Å². The van der Waals surface area contributed by atoms with Crippen LogP contribution in [0.2, 0.25) is 0 Å². The molecule has 1 aromatic heterocycles. The second-order valence-corrected chi connectivity index (χ2v) is 4.45. The highest BCUT2D eigenvalue weighted by Gasteiger charge is 2.17. The van der Waals surface area contributed by atoms with Crippen LogP contribution >= 0.6 is 0 Å². The van der Waals surface area contributed by atoms with E-state index in [1.54, 1.807) is 0 Å². The maximum atomic E-state index is 4.44. The first-order chi connectivity index (χ1) is 5.41. The molecule has 1 radical (unpaired) electrons. The lowest BCUT2D eigenvalue weighted by molar-refractivity contribution is 0.493. The van der Waals surface area contributed by atoms with Gasteiger partial charge in [-0.3, -0.25) is 4.68 Å². The van der Waals surface area contributed by atoms with Crippen molar-refractivity contribution in [3.8, 4) is 0 Å². The molecule has 0 aliphatic rings. The Morgan fingerprint density at radius 2 is 2.00 bits per heavy atom. The number of rotatable bonds is 1. The first kappa shape index (κ1) is 9.30. The molecule has 0 aliphatic carbocycles. The molecule has 2 nitrogen and oxygen atoms in total. The third-order valence-corrected chi connectivity index (χ3v) is 1.81. The smallest absolute Gasteiger partial charge is 0.0869 e. The third kappa shape index (κ3) is 1.87. The van der Waals surface area contributed by atoms with Gasteiger partial charge < -0.3 is 0 Å². The summed E-state index contributed by atoms with van der Waals surface area (Å²) >= 11 is 0. The van der Waals surface area contributed by atoms with Crippen molar-refractivity contribution in [2.24, 2.45) is 0 Å². The van der Waals surface area contributed by atoms with Crippen LogP contribution in [0.5, 0.6) is 0 Å². The normalized spacial score (nSPS) is 12.5.